The summed E-state index contributed by atoms with van der Waals surface area (Å²) in [6, 6.07) is 13.4. The second-order valence-electron chi connectivity index (χ2n) is 9.65. The quantitative estimate of drug-likeness (QED) is 0.313. The number of hydrogen-bond acceptors (Lipinski definition) is 2. The molecule has 0 saturated carbocycles. The van der Waals surface area contributed by atoms with Crippen LogP contribution in [0, 0.1) is 0 Å². The molecule has 0 amide bonds. The third-order valence-corrected chi connectivity index (χ3v) is 10.5. The zero-order valence-corrected chi connectivity index (χ0v) is 19.7. The van der Waals surface area contributed by atoms with Crippen molar-refractivity contribution in [2.45, 2.75) is 90.3 Å². The maximum atomic E-state index is 8.81. The monoisotopic (exact) mass is 400 g/mol. The Bertz CT molecular complexity index is 731. The Morgan fingerprint density at radius 2 is 1.39 bits per heavy atom. The highest BCUT2D eigenvalue weighted by atomic mass is 28.4. The molecule has 2 rings (SSSR count). The van der Waals surface area contributed by atoms with Crippen molar-refractivity contribution >= 4 is 19.1 Å². The zero-order valence-electron chi connectivity index (χ0n) is 18.7. The summed E-state index contributed by atoms with van der Waals surface area (Å²) in [5.41, 5.74) is 1.43. The average Bonchev–Trinajstić information content (AvgIpc) is 2.62. The van der Waals surface area contributed by atoms with Gasteiger partial charge in [0, 0.05) is 6.61 Å². The van der Waals surface area contributed by atoms with Gasteiger partial charge >= 0.3 is 0 Å². The van der Waals surface area contributed by atoms with Gasteiger partial charge < -0.3 is 9.53 Å². The van der Waals surface area contributed by atoms with Crippen LogP contribution in [0.2, 0.25) is 18.1 Å². The van der Waals surface area contributed by atoms with E-state index in [0.29, 0.717) is 6.61 Å². The Hall–Kier alpha value is -1.32. The van der Waals surface area contributed by atoms with Crippen molar-refractivity contribution in [3.63, 3.8) is 0 Å². The summed E-state index contributed by atoms with van der Waals surface area (Å²) in [4.78, 5) is 0. The van der Waals surface area contributed by atoms with Crippen molar-refractivity contribution in [2.24, 2.45) is 0 Å². The standard InChI is InChI=1S/C25H40O2Si/c1-25(2,3)28(4,5)27-24-17-16-22-15-14-21(19-23(22)20-24)13-11-9-7-6-8-10-12-18-26/h14-17,19-20,26H,6-13,18H2,1-5H3. The lowest BCUT2D eigenvalue weighted by Crippen LogP contribution is -2.43. The molecule has 1 N–H and O–H groups in total. The number of hydrogen-bond donors (Lipinski definition) is 1. The Balaban J connectivity index is 1.91. The molecule has 0 bridgehead atoms. The maximum Gasteiger partial charge on any atom is 0.250 e. The number of aliphatic hydroxyl groups is 1. The first-order valence-corrected chi connectivity index (χ1v) is 14.0. The first-order valence-electron chi connectivity index (χ1n) is 11.1. The molecule has 156 valence electrons. The molecular formula is C25H40O2Si. The van der Waals surface area contributed by atoms with Crippen molar-refractivity contribution in [3.05, 3.63) is 42.0 Å². The van der Waals surface area contributed by atoms with Crippen LogP contribution in [0.3, 0.4) is 0 Å². The highest BCUT2D eigenvalue weighted by molar-refractivity contribution is 6.74. The Kier molecular flexibility index (Phi) is 8.57. The van der Waals surface area contributed by atoms with Crippen molar-refractivity contribution in [2.75, 3.05) is 6.61 Å². The van der Waals surface area contributed by atoms with Gasteiger partial charge in [0.2, 0.25) is 8.32 Å². The summed E-state index contributed by atoms with van der Waals surface area (Å²) in [5, 5.41) is 11.6. The molecule has 0 aromatic heterocycles. The highest BCUT2D eigenvalue weighted by Crippen LogP contribution is 2.38. The summed E-state index contributed by atoms with van der Waals surface area (Å²) in [7, 11) is -1.80. The van der Waals surface area contributed by atoms with E-state index in [9.17, 15) is 0 Å². The first-order chi connectivity index (χ1) is 13.2. The fraction of sp³-hybridized carbons (Fsp3) is 0.600. The number of aryl methyl sites for hydroxylation is 1. The summed E-state index contributed by atoms with van der Waals surface area (Å²) in [5.74, 6) is 1.01. The number of aliphatic hydroxyl groups excluding tert-OH is 1. The predicted octanol–water partition coefficient (Wildman–Crippen LogP) is 7.49. The third kappa shape index (κ3) is 6.93. The molecule has 2 aromatic rings. The van der Waals surface area contributed by atoms with Crippen LogP contribution in [0.1, 0.15) is 71.3 Å². The van der Waals surface area contributed by atoms with Gasteiger partial charge in [-0.1, -0.05) is 77.1 Å². The Morgan fingerprint density at radius 3 is 2.04 bits per heavy atom. The minimum Gasteiger partial charge on any atom is -0.543 e. The zero-order chi connectivity index (χ0) is 20.6. The predicted molar refractivity (Wildman–Crippen MR) is 125 cm³/mol. The van der Waals surface area contributed by atoms with E-state index in [2.05, 4.69) is 70.3 Å². The first kappa shape index (κ1) is 23.0. The smallest absolute Gasteiger partial charge is 0.250 e. The minimum atomic E-state index is -1.80. The largest absolute Gasteiger partial charge is 0.543 e. The lowest BCUT2D eigenvalue weighted by Gasteiger charge is -2.36. The molecule has 0 heterocycles. The number of fused-ring (bicyclic) bond motifs is 1. The highest BCUT2D eigenvalue weighted by Gasteiger charge is 2.38. The summed E-state index contributed by atoms with van der Waals surface area (Å²) in [6.45, 7) is 11.8. The summed E-state index contributed by atoms with van der Waals surface area (Å²) >= 11 is 0. The topological polar surface area (TPSA) is 29.5 Å². The molecule has 0 aliphatic carbocycles. The van der Waals surface area contributed by atoms with Gasteiger partial charge in [0.15, 0.2) is 0 Å². The second-order valence-corrected chi connectivity index (χ2v) is 14.4. The molecule has 0 aliphatic rings. The van der Waals surface area contributed by atoms with Crippen LogP contribution >= 0.6 is 0 Å². The van der Waals surface area contributed by atoms with Gasteiger partial charge in [-0.3, -0.25) is 0 Å². The second kappa shape index (κ2) is 10.5. The van der Waals surface area contributed by atoms with Gasteiger partial charge in [-0.15, -0.1) is 0 Å². The van der Waals surface area contributed by atoms with Crippen LogP contribution in [-0.2, 0) is 6.42 Å². The van der Waals surface area contributed by atoms with Crippen LogP contribution in [0.4, 0.5) is 0 Å². The lowest BCUT2D eigenvalue weighted by atomic mass is 10.0. The van der Waals surface area contributed by atoms with Crippen LogP contribution in [-0.4, -0.2) is 20.0 Å². The molecule has 28 heavy (non-hydrogen) atoms. The normalized spacial score (nSPS) is 12.5. The molecular weight excluding hydrogens is 360 g/mol. The molecule has 0 spiro atoms. The number of rotatable bonds is 11. The van der Waals surface area contributed by atoms with Crippen molar-refractivity contribution < 1.29 is 9.53 Å². The average molecular weight is 401 g/mol. The number of unbranched alkanes of at least 4 members (excludes halogenated alkanes) is 6. The molecule has 0 fully saturated rings. The van der Waals surface area contributed by atoms with E-state index in [1.807, 2.05) is 0 Å². The van der Waals surface area contributed by atoms with Gasteiger partial charge in [-0.2, -0.15) is 0 Å². The van der Waals surface area contributed by atoms with Crippen LogP contribution in [0.5, 0.6) is 5.75 Å². The van der Waals surface area contributed by atoms with E-state index in [1.165, 1.54) is 54.9 Å². The maximum absolute atomic E-state index is 8.81. The fourth-order valence-electron chi connectivity index (χ4n) is 3.27. The van der Waals surface area contributed by atoms with Gasteiger partial charge in [-0.05, 0) is 65.9 Å². The molecule has 0 aliphatic heterocycles. The Labute approximate surface area is 173 Å². The molecule has 0 atom stereocenters. The number of benzene rings is 2. The molecule has 2 nitrogen and oxygen atoms in total. The van der Waals surface area contributed by atoms with Crippen molar-refractivity contribution in [1.82, 2.24) is 0 Å². The molecule has 0 unspecified atom stereocenters. The van der Waals surface area contributed by atoms with Crippen LogP contribution in [0.15, 0.2) is 36.4 Å². The molecule has 2 aromatic carbocycles. The summed E-state index contributed by atoms with van der Waals surface area (Å²) in [6.07, 6.45) is 9.69. The fourth-order valence-corrected chi connectivity index (χ4v) is 4.29. The van der Waals surface area contributed by atoms with E-state index in [-0.39, 0.29) is 5.04 Å². The lowest BCUT2D eigenvalue weighted by molar-refractivity contribution is 0.282. The van der Waals surface area contributed by atoms with Gasteiger partial charge in [-0.25, -0.2) is 0 Å². The van der Waals surface area contributed by atoms with E-state index in [0.717, 1.165) is 18.6 Å². The third-order valence-electron chi connectivity index (χ3n) is 6.18. The van der Waals surface area contributed by atoms with Gasteiger partial charge in [0.05, 0.1) is 0 Å². The van der Waals surface area contributed by atoms with E-state index in [4.69, 9.17) is 9.53 Å². The molecule has 0 saturated heterocycles. The van der Waals surface area contributed by atoms with Crippen LogP contribution in [0.25, 0.3) is 10.8 Å². The van der Waals surface area contributed by atoms with Crippen molar-refractivity contribution in [3.8, 4) is 5.75 Å². The molecule has 0 radical (unpaired) electrons. The van der Waals surface area contributed by atoms with Gasteiger partial charge in [0.25, 0.3) is 0 Å². The van der Waals surface area contributed by atoms with E-state index in [1.54, 1.807) is 0 Å². The minimum absolute atomic E-state index is 0.210. The Morgan fingerprint density at radius 1 is 0.786 bits per heavy atom. The molecule has 3 heteroatoms. The summed E-state index contributed by atoms with van der Waals surface area (Å²) < 4.78 is 6.49. The van der Waals surface area contributed by atoms with E-state index >= 15 is 0 Å². The van der Waals surface area contributed by atoms with E-state index < -0.39 is 8.32 Å². The van der Waals surface area contributed by atoms with Gasteiger partial charge in [0.1, 0.15) is 5.75 Å². The van der Waals surface area contributed by atoms with Crippen molar-refractivity contribution in [1.29, 1.82) is 0 Å². The van der Waals surface area contributed by atoms with Crippen LogP contribution < -0.4 is 4.43 Å². The SMILES string of the molecule is CC(C)(C)[Si](C)(C)Oc1ccc2ccc(CCCCCCCCCO)cc2c1.